The molecule has 0 unspecified atom stereocenters. The summed E-state index contributed by atoms with van der Waals surface area (Å²) in [6.07, 6.45) is 0. The molecule has 0 atom stereocenters. The van der Waals surface area contributed by atoms with Crippen molar-refractivity contribution in [3.8, 4) is 5.75 Å². The van der Waals surface area contributed by atoms with Crippen LogP contribution < -0.4 is 20.7 Å². The quantitative estimate of drug-likeness (QED) is 0.316. The van der Waals surface area contributed by atoms with E-state index < -0.39 is 5.91 Å². The smallest absolute Gasteiger partial charge is 0.261 e. The second-order valence-corrected chi connectivity index (χ2v) is 7.64. The molecule has 0 aliphatic rings. The molecule has 0 aliphatic heterocycles. The van der Waals surface area contributed by atoms with Crippen molar-refractivity contribution in [3.05, 3.63) is 88.9 Å². The molecule has 0 saturated heterocycles. The van der Waals surface area contributed by atoms with Crippen LogP contribution in [0.25, 0.3) is 0 Å². The van der Waals surface area contributed by atoms with Crippen LogP contribution in [-0.2, 0) is 4.74 Å². The van der Waals surface area contributed by atoms with E-state index in [-0.39, 0.29) is 11.0 Å². The Kier molecular flexibility index (Phi) is 8.77. The van der Waals surface area contributed by atoms with E-state index in [0.717, 1.165) is 0 Å². The fourth-order valence-electron chi connectivity index (χ4n) is 2.86. The lowest BCUT2D eigenvalue weighted by atomic mass is 10.2. The first-order chi connectivity index (χ1) is 16.0. The second-order valence-electron chi connectivity index (χ2n) is 6.79. The maximum absolute atomic E-state index is 12.7. The monoisotopic (exact) mass is 483 g/mol. The Bertz CT molecular complexity index is 1160. The fraction of sp³-hybridized carbons (Fsp3) is 0.125. The van der Waals surface area contributed by atoms with Gasteiger partial charge in [0.05, 0.1) is 12.2 Å². The fourth-order valence-corrected chi connectivity index (χ4v) is 3.26. The number of hydrogen-bond donors (Lipinski definition) is 3. The van der Waals surface area contributed by atoms with E-state index in [0.29, 0.717) is 46.5 Å². The van der Waals surface area contributed by atoms with Gasteiger partial charge in [0.15, 0.2) is 5.11 Å². The molecule has 7 nitrogen and oxygen atoms in total. The lowest BCUT2D eigenvalue weighted by Crippen LogP contribution is -2.34. The Morgan fingerprint density at radius 3 is 2.36 bits per heavy atom. The van der Waals surface area contributed by atoms with Gasteiger partial charge in [-0.3, -0.25) is 14.9 Å². The number of hydrogen-bond acceptors (Lipinski definition) is 5. The molecular weight excluding hydrogens is 462 g/mol. The zero-order valence-electron chi connectivity index (χ0n) is 17.8. The molecule has 0 fully saturated rings. The van der Waals surface area contributed by atoms with Gasteiger partial charge in [-0.1, -0.05) is 35.9 Å². The largest absolute Gasteiger partial charge is 0.490 e. The van der Waals surface area contributed by atoms with Gasteiger partial charge in [0.2, 0.25) is 0 Å². The highest BCUT2D eigenvalue weighted by molar-refractivity contribution is 7.80. The van der Waals surface area contributed by atoms with Crippen molar-refractivity contribution in [2.75, 3.05) is 31.0 Å². The van der Waals surface area contributed by atoms with Crippen molar-refractivity contribution in [2.24, 2.45) is 0 Å². The summed E-state index contributed by atoms with van der Waals surface area (Å²) in [5.74, 6) is -0.303. The van der Waals surface area contributed by atoms with Crippen LogP contribution in [0.5, 0.6) is 5.75 Å². The van der Waals surface area contributed by atoms with Gasteiger partial charge in [-0.2, -0.15) is 0 Å². The highest BCUT2D eigenvalue weighted by Crippen LogP contribution is 2.19. The maximum Gasteiger partial charge on any atom is 0.261 e. The number of para-hydroxylation sites is 1. The molecule has 0 aliphatic carbocycles. The van der Waals surface area contributed by atoms with Gasteiger partial charge >= 0.3 is 0 Å². The van der Waals surface area contributed by atoms with Crippen molar-refractivity contribution >= 4 is 52.1 Å². The van der Waals surface area contributed by atoms with Crippen LogP contribution in [0.15, 0.2) is 72.8 Å². The van der Waals surface area contributed by atoms with E-state index in [2.05, 4.69) is 16.0 Å². The van der Waals surface area contributed by atoms with Crippen molar-refractivity contribution < 1.29 is 19.1 Å². The van der Waals surface area contributed by atoms with Crippen LogP contribution in [0.2, 0.25) is 5.02 Å². The topological polar surface area (TPSA) is 88.7 Å². The van der Waals surface area contributed by atoms with E-state index in [4.69, 9.17) is 33.3 Å². The zero-order valence-corrected chi connectivity index (χ0v) is 19.3. The van der Waals surface area contributed by atoms with Crippen molar-refractivity contribution in [2.45, 2.75) is 0 Å². The van der Waals surface area contributed by atoms with E-state index in [1.807, 2.05) is 0 Å². The number of methoxy groups -OCH3 is 1. The average molecular weight is 484 g/mol. The maximum atomic E-state index is 12.7. The molecule has 0 radical (unpaired) electrons. The zero-order chi connectivity index (χ0) is 23.6. The van der Waals surface area contributed by atoms with Crippen LogP contribution in [0.3, 0.4) is 0 Å². The molecule has 3 N–H and O–H groups in total. The van der Waals surface area contributed by atoms with E-state index >= 15 is 0 Å². The third-order valence-electron chi connectivity index (χ3n) is 4.37. The first-order valence-corrected chi connectivity index (χ1v) is 10.7. The van der Waals surface area contributed by atoms with Gasteiger partial charge in [0.25, 0.3) is 11.8 Å². The minimum Gasteiger partial charge on any atom is -0.490 e. The van der Waals surface area contributed by atoms with E-state index in [1.54, 1.807) is 79.9 Å². The minimum atomic E-state index is -0.421. The number of amides is 2. The second kappa shape index (κ2) is 12.0. The third kappa shape index (κ3) is 7.28. The standard InChI is InChI=1S/C24H22ClN3O4S/c1-31-12-13-32-21-11-3-2-10-20(21)23(30)28-24(33)27-18-8-4-6-16(14-18)22(29)26-19-9-5-7-17(25)15-19/h2-11,14-15H,12-13H2,1H3,(H,26,29)(H2,27,28,30,33). The Labute approximate surface area is 202 Å². The van der Waals surface area contributed by atoms with E-state index in [1.165, 1.54) is 0 Å². The lowest BCUT2D eigenvalue weighted by molar-refractivity contribution is 0.0968. The SMILES string of the molecule is COCCOc1ccccc1C(=O)NC(=S)Nc1cccc(C(=O)Nc2cccc(Cl)c2)c1. The van der Waals surface area contributed by atoms with Crippen LogP contribution in [-0.4, -0.2) is 37.3 Å². The Morgan fingerprint density at radius 2 is 1.61 bits per heavy atom. The molecule has 9 heteroatoms. The third-order valence-corrected chi connectivity index (χ3v) is 4.81. The predicted molar refractivity (Wildman–Crippen MR) is 133 cm³/mol. The summed E-state index contributed by atoms with van der Waals surface area (Å²) >= 11 is 11.2. The summed E-state index contributed by atoms with van der Waals surface area (Å²) in [4.78, 5) is 25.2. The molecule has 3 rings (SSSR count). The number of halogens is 1. The molecule has 170 valence electrons. The first-order valence-electron chi connectivity index (χ1n) is 9.96. The number of ether oxygens (including phenoxy) is 2. The number of thiocarbonyl (C=S) groups is 1. The molecule has 33 heavy (non-hydrogen) atoms. The van der Waals surface area contributed by atoms with Crippen LogP contribution >= 0.6 is 23.8 Å². The van der Waals surface area contributed by atoms with Crippen molar-refractivity contribution in [1.82, 2.24) is 5.32 Å². The normalized spacial score (nSPS) is 10.2. The summed E-state index contributed by atoms with van der Waals surface area (Å²) in [6, 6.07) is 20.4. The molecule has 0 heterocycles. The van der Waals surface area contributed by atoms with Crippen LogP contribution in [0.4, 0.5) is 11.4 Å². The Morgan fingerprint density at radius 1 is 0.879 bits per heavy atom. The lowest BCUT2D eigenvalue weighted by Gasteiger charge is -2.13. The summed E-state index contributed by atoms with van der Waals surface area (Å²) < 4.78 is 10.6. The molecule has 0 spiro atoms. The number of benzene rings is 3. The number of anilines is 2. The molecule has 3 aromatic rings. The summed E-state index contributed by atoms with van der Waals surface area (Å²) in [5.41, 5.74) is 1.88. The Balaban J connectivity index is 1.62. The van der Waals surface area contributed by atoms with Gasteiger partial charge in [0.1, 0.15) is 12.4 Å². The molecule has 0 aromatic heterocycles. The van der Waals surface area contributed by atoms with Gasteiger partial charge in [-0.05, 0) is 60.7 Å². The van der Waals surface area contributed by atoms with Gasteiger partial charge < -0.3 is 20.1 Å². The highest BCUT2D eigenvalue weighted by atomic mass is 35.5. The Hall–Kier alpha value is -3.46. The summed E-state index contributed by atoms with van der Waals surface area (Å²) in [6.45, 7) is 0.713. The average Bonchev–Trinajstić information content (AvgIpc) is 2.79. The van der Waals surface area contributed by atoms with Crippen LogP contribution in [0.1, 0.15) is 20.7 Å². The number of carbonyl (C=O) groups is 2. The van der Waals surface area contributed by atoms with Gasteiger partial charge in [-0.15, -0.1) is 0 Å². The number of nitrogens with one attached hydrogen (secondary N) is 3. The summed E-state index contributed by atoms with van der Waals surface area (Å²) in [7, 11) is 1.57. The molecule has 0 bridgehead atoms. The minimum absolute atomic E-state index is 0.0825. The van der Waals surface area contributed by atoms with Crippen molar-refractivity contribution in [1.29, 1.82) is 0 Å². The van der Waals surface area contributed by atoms with E-state index in [9.17, 15) is 9.59 Å². The molecule has 0 saturated carbocycles. The van der Waals surface area contributed by atoms with Crippen LogP contribution in [0, 0.1) is 0 Å². The molecule has 2 amide bonds. The number of carbonyl (C=O) groups excluding carboxylic acids is 2. The van der Waals surface area contributed by atoms with Crippen molar-refractivity contribution in [3.63, 3.8) is 0 Å². The number of rotatable bonds is 8. The van der Waals surface area contributed by atoms with Gasteiger partial charge in [-0.25, -0.2) is 0 Å². The summed E-state index contributed by atoms with van der Waals surface area (Å²) in [5, 5.41) is 8.93. The highest BCUT2D eigenvalue weighted by Gasteiger charge is 2.14. The predicted octanol–water partition coefficient (Wildman–Crippen LogP) is 4.74. The first kappa shape index (κ1) is 24.2. The molecule has 3 aromatic carbocycles. The van der Waals surface area contributed by atoms with Gasteiger partial charge in [0, 0.05) is 29.1 Å². The molecular formula is C24H22ClN3O4S.